The van der Waals surface area contributed by atoms with E-state index in [-0.39, 0.29) is 6.10 Å². The van der Waals surface area contributed by atoms with Crippen molar-refractivity contribution in [2.75, 3.05) is 27.2 Å². The molecule has 1 aromatic heterocycles. The number of rotatable bonds is 6. The Hall–Kier alpha value is -1.71. The third-order valence-electron chi connectivity index (χ3n) is 3.58. The molecule has 3 nitrogen and oxygen atoms in total. The van der Waals surface area contributed by atoms with E-state index in [1.54, 1.807) is 0 Å². The zero-order valence-electron chi connectivity index (χ0n) is 13.3. The van der Waals surface area contributed by atoms with Crippen LogP contribution < -0.4 is 0 Å². The van der Waals surface area contributed by atoms with Crippen LogP contribution in [0.15, 0.2) is 42.6 Å². The normalized spacial score (nSPS) is 12.6. The molecule has 0 bridgehead atoms. The first-order chi connectivity index (χ1) is 10.1. The number of nitrogens with zero attached hydrogens (tertiary/aromatic N) is 2. The summed E-state index contributed by atoms with van der Waals surface area (Å²) >= 11 is 0. The first-order valence-corrected chi connectivity index (χ1v) is 7.33. The lowest BCUT2D eigenvalue weighted by Gasteiger charge is -2.22. The summed E-state index contributed by atoms with van der Waals surface area (Å²) < 4.78 is 6.18. The molecule has 0 fully saturated rings. The molecule has 0 amide bonds. The molecule has 2 aromatic rings. The van der Waals surface area contributed by atoms with Crippen molar-refractivity contribution in [3.05, 3.63) is 65.0 Å². The van der Waals surface area contributed by atoms with Gasteiger partial charge in [0.05, 0.1) is 12.3 Å². The lowest BCUT2D eigenvalue weighted by Crippen LogP contribution is -2.21. The van der Waals surface area contributed by atoms with E-state index in [2.05, 4.69) is 56.0 Å². The van der Waals surface area contributed by atoms with Crippen LogP contribution in [0.4, 0.5) is 0 Å². The van der Waals surface area contributed by atoms with Crippen LogP contribution in [0.3, 0.4) is 0 Å². The molecule has 1 unspecified atom stereocenters. The highest BCUT2D eigenvalue weighted by Crippen LogP contribution is 2.29. The summed E-state index contributed by atoms with van der Waals surface area (Å²) in [6, 6.07) is 12.3. The number of hydrogen-bond donors (Lipinski definition) is 0. The van der Waals surface area contributed by atoms with Gasteiger partial charge in [-0.3, -0.25) is 4.98 Å². The molecule has 0 N–H and O–H groups in total. The topological polar surface area (TPSA) is 25.4 Å². The van der Waals surface area contributed by atoms with Gasteiger partial charge in [0, 0.05) is 12.7 Å². The maximum atomic E-state index is 6.18. The van der Waals surface area contributed by atoms with Crippen molar-refractivity contribution in [2.24, 2.45) is 0 Å². The summed E-state index contributed by atoms with van der Waals surface area (Å²) in [4.78, 5) is 6.62. The van der Waals surface area contributed by atoms with Gasteiger partial charge in [-0.15, -0.1) is 0 Å². The summed E-state index contributed by atoms with van der Waals surface area (Å²) in [6.45, 7) is 5.84. The number of hydrogen-bond acceptors (Lipinski definition) is 3. The lowest BCUT2D eigenvalue weighted by molar-refractivity contribution is 0.0654. The molecule has 2 rings (SSSR count). The first-order valence-electron chi connectivity index (χ1n) is 7.33. The summed E-state index contributed by atoms with van der Waals surface area (Å²) in [5.74, 6) is 0. The first kappa shape index (κ1) is 15.7. The molecule has 1 atom stereocenters. The van der Waals surface area contributed by atoms with E-state index in [4.69, 9.17) is 4.74 Å². The van der Waals surface area contributed by atoms with Gasteiger partial charge in [-0.25, -0.2) is 0 Å². The minimum Gasteiger partial charge on any atom is -0.366 e. The highest BCUT2D eigenvalue weighted by molar-refractivity contribution is 5.39. The average Bonchev–Trinajstić information content (AvgIpc) is 2.46. The Morgan fingerprint density at radius 1 is 1.05 bits per heavy atom. The second kappa shape index (κ2) is 7.34. The second-order valence-corrected chi connectivity index (χ2v) is 5.61. The van der Waals surface area contributed by atoms with Crippen LogP contribution >= 0.6 is 0 Å². The molecule has 21 heavy (non-hydrogen) atoms. The number of aromatic nitrogens is 1. The molecule has 112 valence electrons. The molecule has 3 heteroatoms. The van der Waals surface area contributed by atoms with Gasteiger partial charge in [0.1, 0.15) is 6.10 Å². The number of ether oxygens (including phenoxy) is 1. The standard InChI is InChI=1S/C18H24N2O/c1-14-8-7-9-15(2)17(14)18(21-13-12-20(3)4)16-10-5-6-11-19-16/h5-11,18H,12-13H2,1-4H3. The predicted octanol–water partition coefficient (Wildman–Crippen LogP) is 3.37. The van der Waals surface area contributed by atoms with Crippen LogP contribution in [0.1, 0.15) is 28.5 Å². The van der Waals surface area contributed by atoms with Gasteiger partial charge in [0.15, 0.2) is 0 Å². The Morgan fingerprint density at radius 3 is 2.33 bits per heavy atom. The molecule has 0 aliphatic rings. The molecule has 0 saturated heterocycles. The van der Waals surface area contributed by atoms with Crippen molar-refractivity contribution >= 4 is 0 Å². The van der Waals surface area contributed by atoms with Crippen LogP contribution in [-0.4, -0.2) is 37.1 Å². The van der Waals surface area contributed by atoms with E-state index < -0.39 is 0 Å². The minimum atomic E-state index is -0.104. The van der Waals surface area contributed by atoms with Crippen molar-refractivity contribution in [1.82, 2.24) is 9.88 Å². The van der Waals surface area contributed by atoms with Gasteiger partial charge < -0.3 is 9.64 Å². The van der Waals surface area contributed by atoms with Gasteiger partial charge in [0.2, 0.25) is 0 Å². The Labute approximate surface area is 127 Å². The average molecular weight is 284 g/mol. The maximum Gasteiger partial charge on any atom is 0.125 e. The molecular formula is C18H24N2O. The Morgan fingerprint density at radius 2 is 1.76 bits per heavy atom. The lowest BCUT2D eigenvalue weighted by atomic mass is 9.95. The zero-order valence-corrected chi connectivity index (χ0v) is 13.3. The van der Waals surface area contributed by atoms with Crippen molar-refractivity contribution in [3.8, 4) is 0 Å². The van der Waals surface area contributed by atoms with Gasteiger partial charge in [-0.2, -0.15) is 0 Å². The van der Waals surface area contributed by atoms with Crippen molar-refractivity contribution in [2.45, 2.75) is 20.0 Å². The molecule has 1 aromatic carbocycles. The van der Waals surface area contributed by atoms with Gasteiger partial charge in [0.25, 0.3) is 0 Å². The van der Waals surface area contributed by atoms with E-state index in [1.807, 2.05) is 24.4 Å². The molecule has 0 radical (unpaired) electrons. The van der Waals surface area contributed by atoms with Gasteiger partial charge >= 0.3 is 0 Å². The Bertz CT molecular complexity index is 546. The maximum absolute atomic E-state index is 6.18. The van der Waals surface area contributed by atoms with Gasteiger partial charge in [-0.05, 0) is 56.8 Å². The minimum absolute atomic E-state index is 0.104. The molecule has 0 aliphatic carbocycles. The zero-order chi connectivity index (χ0) is 15.2. The molecule has 0 spiro atoms. The van der Waals surface area contributed by atoms with Crippen molar-refractivity contribution < 1.29 is 4.74 Å². The summed E-state index contributed by atoms with van der Waals surface area (Å²) in [5, 5.41) is 0. The third kappa shape index (κ3) is 4.13. The Balaban J connectivity index is 2.32. The van der Waals surface area contributed by atoms with E-state index >= 15 is 0 Å². The quantitative estimate of drug-likeness (QED) is 0.813. The summed E-state index contributed by atoms with van der Waals surface area (Å²) in [7, 11) is 4.11. The van der Waals surface area contributed by atoms with Crippen LogP contribution in [0.2, 0.25) is 0 Å². The highest BCUT2D eigenvalue weighted by atomic mass is 16.5. The van der Waals surface area contributed by atoms with Crippen molar-refractivity contribution in [1.29, 1.82) is 0 Å². The molecule has 1 heterocycles. The largest absolute Gasteiger partial charge is 0.366 e. The monoisotopic (exact) mass is 284 g/mol. The SMILES string of the molecule is Cc1cccc(C)c1C(OCCN(C)C)c1ccccn1. The smallest absolute Gasteiger partial charge is 0.125 e. The second-order valence-electron chi connectivity index (χ2n) is 5.61. The van der Waals surface area contributed by atoms with Crippen LogP contribution in [0.25, 0.3) is 0 Å². The van der Waals surface area contributed by atoms with E-state index in [0.717, 1.165) is 12.2 Å². The number of pyridine rings is 1. The number of likely N-dealkylation sites (N-methyl/N-ethyl adjacent to an activating group) is 1. The number of benzene rings is 1. The highest BCUT2D eigenvalue weighted by Gasteiger charge is 2.20. The number of aryl methyl sites for hydroxylation is 2. The summed E-state index contributed by atoms with van der Waals surface area (Å²) in [6.07, 6.45) is 1.72. The van der Waals surface area contributed by atoms with Gasteiger partial charge in [-0.1, -0.05) is 24.3 Å². The van der Waals surface area contributed by atoms with Crippen LogP contribution in [0.5, 0.6) is 0 Å². The third-order valence-corrected chi connectivity index (χ3v) is 3.58. The van der Waals surface area contributed by atoms with E-state index in [9.17, 15) is 0 Å². The van der Waals surface area contributed by atoms with E-state index in [1.165, 1.54) is 16.7 Å². The van der Waals surface area contributed by atoms with Crippen LogP contribution in [0, 0.1) is 13.8 Å². The molecule has 0 saturated carbocycles. The fraction of sp³-hybridized carbons (Fsp3) is 0.389. The Kier molecular flexibility index (Phi) is 5.48. The summed E-state index contributed by atoms with van der Waals surface area (Å²) in [5.41, 5.74) is 4.69. The van der Waals surface area contributed by atoms with Crippen molar-refractivity contribution in [3.63, 3.8) is 0 Å². The fourth-order valence-electron chi connectivity index (χ4n) is 2.44. The molecule has 0 aliphatic heterocycles. The fourth-order valence-corrected chi connectivity index (χ4v) is 2.44. The predicted molar refractivity (Wildman–Crippen MR) is 86.5 cm³/mol. The molecular weight excluding hydrogens is 260 g/mol. The van der Waals surface area contributed by atoms with E-state index in [0.29, 0.717) is 6.61 Å². The van der Waals surface area contributed by atoms with Crippen LogP contribution in [-0.2, 0) is 4.74 Å².